The molecule has 0 aliphatic carbocycles. The summed E-state index contributed by atoms with van der Waals surface area (Å²) in [7, 11) is 0. The third-order valence-corrected chi connectivity index (χ3v) is 2.28. The number of pyridine rings is 1. The largest absolute Gasteiger partial charge is 0.353 e. The quantitative estimate of drug-likeness (QED) is 0.755. The number of anilines is 1. The van der Waals surface area contributed by atoms with Crippen LogP contribution < -0.4 is 4.90 Å². The Bertz CT molecular complexity index is 352. The van der Waals surface area contributed by atoms with E-state index in [2.05, 4.69) is 35.9 Å². The Balaban J connectivity index is 2.84. The Morgan fingerprint density at radius 2 is 2.27 bits per heavy atom. The maximum absolute atomic E-state index is 8.60. The molecule has 0 bridgehead atoms. The van der Waals surface area contributed by atoms with Crippen LogP contribution in [-0.2, 0) is 0 Å². The second kappa shape index (κ2) is 5.35. The van der Waals surface area contributed by atoms with E-state index < -0.39 is 0 Å². The second-order valence-corrected chi connectivity index (χ2v) is 3.89. The molecule has 0 atom stereocenters. The molecule has 0 aliphatic heterocycles. The van der Waals surface area contributed by atoms with E-state index in [4.69, 9.17) is 5.26 Å². The lowest BCUT2D eigenvalue weighted by molar-refractivity contribution is 0.676. The van der Waals surface area contributed by atoms with E-state index in [1.165, 1.54) is 5.56 Å². The first-order chi connectivity index (χ1) is 7.15. The molecule has 0 saturated heterocycles. The molecule has 3 heteroatoms. The van der Waals surface area contributed by atoms with Crippen LogP contribution in [0.5, 0.6) is 0 Å². The fraction of sp³-hybridized carbons (Fsp3) is 0.500. The van der Waals surface area contributed by atoms with Gasteiger partial charge in [-0.25, -0.2) is 4.98 Å². The predicted molar refractivity (Wildman–Crippen MR) is 61.7 cm³/mol. The lowest BCUT2D eigenvalue weighted by Gasteiger charge is -2.27. The van der Waals surface area contributed by atoms with E-state index in [1.54, 1.807) is 0 Å². The number of nitriles is 1. The van der Waals surface area contributed by atoms with Crippen LogP contribution >= 0.6 is 0 Å². The molecule has 0 unspecified atom stereocenters. The van der Waals surface area contributed by atoms with Crippen LogP contribution in [0.1, 0.15) is 25.8 Å². The zero-order valence-corrected chi connectivity index (χ0v) is 9.57. The third-order valence-electron chi connectivity index (χ3n) is 2.28. The van der Waals surface area contributed by atoms with Crippen LogP contribution in [0.4, 0.5) is 5.82 Å². The van der Waals surface area contributed by atoms with Gasteiger partial charge in [-0.1, -0.05) is 0 Å². The van der Waals surface area contributed by atoms with Gasteiger partial charge in [0, 0.05) is 18.8 Å². The highest BCUT2D eigenvalue weighted by atomic mass is 15.2. The molecule has 1 aromatic heterocycles. The van der Waals surface area contributed by atoms with Crippen molar-refractivity contribution in [2.24, 2.45) is 0 Å². The van der Waals surface area contributed by atoms with E-state index in [9.17, 15) is 0 Å². The Hall–Kier alpha value is -1.56. The first kappa shape index (κ1) is 11.5. The Morgan fingerprint density at radius 1 is 1.53 bits per heavy atom. The summed E-state index contributed by atoms with van der Waals surface area (Å²) in [6.07, 6.45) is 2.35. The average Bonchev–Trinajstić information content (AvgIpc) is 2.18. The van der Waals surface area contributed by atoms with Crippen LogP contribution in [0.2, 0.25) is 0 Å². The molecule has 0 spiro atoms. The van der Waals surface area contributed by atoms with Gasteiger partial charge in [-0.05, 0) is 38.5 Å². The van der Waals surface area contributed by atoms with Crippen molar-refractivity contribution >= 4 is 5.82 Å². The van der Waals surface area contributed by atoms with Gasteiger partial charge in [-0.2, -0.15) is 5.26 Å². The van der Waals surface area contributed by atoms with Crippen molar-refractivity contribution in [2.75, 3.05) is 11.4 Å². The standard InChI is InChI=1S/C12H17N3/c1-10(2)15(8-4-6-13)12-9-11(3)5-7-14-12/h5,7,9-10H,4,8H2,1-3H3. The van der Waals surface area contributed by atoms with Crippen LogP contribution in [-0.4, -0.2) is 17.6 Å². The van der Waals surface area contributed by atoms with Crippen LogP contribution in [0.15, 0.2) is 18.3 Å². The van der Waals surface area contributed by atoms with Gasteiger partial charge in [0.15, 0.2) is 0 Å². The summed E-state index contributed by atoms with van der Waals surface area (Å²) in [5, 5.41) is 8.60. The molecule has 1 rings (SSSR count). The topological polar surface area (TPSA) is 39.9 Å². The van der Waals surface area contributed by atoms with Crippen LogP contribution in [0, 0.1) is 18.3 Å². The second-order valence-electron chi connectivity index (χ2n) is 3.89. The van der Waals surface area contributed by atoms with Crippen LogP contribution in [0.3, 0.4) is 0 Å². The highest BCUT2D eigenvalue weighted by Gasteiger charge is 2.10. The number of rotatable bonds is 4. The fourth-order valence-electron chi connectivity index (χ4n) is 1.49. The summed E-state index contributed by atoms with van der Waals surface area (Å²) in [5.41, 5.74) is 1.20. The molecular formula is C12H17N3. The van der Waals surface area contributed by atoms with E-state index in [1.807, 2.05) is 19.2 Å². The highest BCUT2D eigenvalue weighted by Crippen LogP contribution is 2.15. The third kappa shape index (κ3) is 3.25. The van der Waals surface area contributed by atoms with Gasteiger partial charge in [0.05, 0.1) is 12.5 Å². The number of nitrogens with zero attached hydrogens (tertiary/aromatic N) is 3. The van der Waals surface area contributed by atoms with Gasteiger partial charge in [0.25, 0.3) is 0 Å². The van der Waals surface area contributed by atoms with E-state index >= 15 is 0 Å². The molecular weight excluding hydrogens is 186 g/mol. The van der Waals surface area contributed by atoms with Gasteiger partial charge >= 0.3 is 0 Å². The number of aromatic nitrogens is 1. The molecule has 1 heterocycles. The SMILES string of the molecule is Cc1ccnc(N(CCC#N)C(C)C)c1. The maximum Gasteiger partial charge on any atom is 0.128 e. The van der Waals surface area contributed by atoms with Crippen molar-refractivity contribution in [3.05, 3.63) is 23.9 Å². The molecule has 0 amide bonds. The van der Waals surface area contributed by atoms with Gasteiger partial charge in [-0.3, -0.25) is 0 Å². The van der Waals surface area contributed by atoms with E-state index in [-0.39, 0.29) is 0 Å². The summed E-state index contributed by atoms with van der Waals surface area (Å²) >= 11 is 0. The van der Waals surface area contributed by atoms with Gasteiger partial charge < -0.3 is 4.90 Å². The predicted octanol–water partition coefficient (Wildman–Crippen LogP) is 2.52. The monoisotopic (exact) mass is 203 g/mol. The molecule has 0 N–H and O–H groups in total. The summed E-state index contributed by atoms with van der Waals surface area (Å²) < 4.78 is 0. The molecule has 80 valence electrons. The van der Waals surface area contributed by atoms with E-state index in [0.29, 0.717) is 12.5 Å². The van der Waals surface area contributed by atoms with Crippen molar-refractivity contribution in [1.29, 1.82) is 5.26 Å². The maximum atomic E-state index is 8.60. The van der Waals surface area contributed by atoms with Crippen molar-refractivity contribution in [1.82, 2.24) is 4.98 Å². The lowest BCUT2D eigenvalue weighted by atomic mass is 10.2. The molecule has 15 heavy (non-hydrogen) atoms. The number of hydrogen-bond donors (Lipinski definition) is 0. The molecule has 1 aromatic rings. The first-order valence-corrected chi connectivity index (χ1v) is 5.21. The molecule has 0 fully saturated rings. The molecule has 0 radical (unpaired) electrons. The lowest BCUT2D eigenvalue weighted by Crippen LogP contribution is -2.32. The van der Waals surface area contributed by atoms with Crippen molar-refractivity contribution in [3.8, 4) is 6.07 Å². The summed E-state index contributed by atoms with van der Waals surface area (Å²) in [5.74, 6) is 0.959. The highest BCUT2D eigenvalue weighted by molar-refractivity contribution is 5.41. The van der Waals surface area contributed by atoms with Gasteiger partial charge in [0.2, 0.25) is 0 Å². The summed E-state index contributed by atoms with van der Waals surface area (Å²) in [6, 6.07) is 6.57. The van der Waals surface area contributed by atoms with Crippen LogP contribution in [0.25, 0.3) is 0 Å². The Kier molecular flexibility index (Phi) is 4.11. The zero-order valence-electron chi connectivity index (χ0n) is 9.57. The zero-order chi connectivity index (χ0) is 11.3. The summed E-state index contributed by atoms with van der Waals surface area (Å²) in [6.45, 7) is 7.02. The molecule has 0 aromatic carbocycles. The normalized spacial score (nSPS) is 10.1. The van der Waals surface area contributed by atoms with Crippen molar-refractivity contribution in [3.63, 3.8) is 0 Å². The van der Waals surface area contributed by atoms with Gasteiger partial charge in [0.1, 0.15) is 5.82 Å². The fourth-order valence-corrected chi connectivity index (χ4v) is 1.49. The smallest absolute Gasteiger partial charge is 0.128 e. The number of aryl methyl sites for hydroxylation is 1. The minimum Gasteiger partial charge on any atom is -0.353 e. The minimum atomic E-state index is 0.368. The molecule has 0 aliphatic rings. The van der Waals surface area contributed by atoms with E-state index in [0.717, 1.165) is 12.4 Å². The summed E-state index contributed by atoms with van der Waals surface area (Å²) in [4.78, 5) is 6.48. The first-order valence-electron chi connectivity index (χ1n) is 5.21. The molecule has 3 nitrogen and oxygen atoms in total. The Labute approximate surface area is 91.4 Å². The molecule has 0 saturated carbocycles. The van der Waals surface area contributed by atoms with Crippen molar-refractivity contribution in [2.45, 2.75) is 33.2 Å². The van der Waals surface area contributed by atoms with Crippen molar-refractivity contribution < 1.29 is 0 Å². The Morgan fingerprint density at radius 3 is 2.80 bits per heavy atom. The average molecular weight is 203 g/mol. The van der Waals surface area contributed by atoms with Gasteiger partial charge in [-0.15, -0.1) is 0 Å². The minimum absolute atomic E-state index is 0.368. The number of hydrogen-bond acceptors (Lipinski definition) is 3.